The highest BCUT2D eigenvalue weighted by molar-refractivity contribution is 7.08. The SMILES string of the molecule is COc1ccc(CNCc2cscc2C)cc1C. The van der Waals surface area contributed by atoms with E-state index in [1.54, 1.807) is 18.4 Å². The lowest BCUT2D eigenvalue weighted by atomic mass is 10.1. The molecule has 0 bridgehead atoms. The molecule has 0 atom stereocenters. The lowest BCUT2D eigenvalue weighted by Gasteiger charge is -2.08. The van der Waals surface area contributed by atoms with E-state index in [4.69, 9.17) is 4.74 Å². The summed E-state index contributed by atoms with van der Waals surface area (Å²) in [5, 5.41) is 7.87. The summed E-state index contributed by atoms with van der Waals surface area (Å²) in [7, 11) is 1.71. The first-order valence-electron chi connectivity index (χ1n) is 6.06. The van der Waals surface area contributed by atoms with Crippen LogP contribution in [0.3, 0.4) is 0 Å². The summed E-state index contributed by atoms with van der Waals surface area (Å²) in [5.41, 5.74) is 5.24. The highest BCUT2D eigenvalue weighted by Gasteiger charge is 2.01. The Labute approximate surface area is 113 Å². The highest BCUT2D eigenvalue weighted by Crippen LogP contribution is 2.18. The van der Waals surface area contributed by atoms with Crippen molar-refractivity contribution in [2.45, 2.75) is 26.9 Å². The van der Waals surface area contributed by atoms with Crippen LogP contribution in [0.4, 0.5) is 0 Å². The van der Waals surface area contributed by atoms with E-state index >= 15 is 0 Å². The molecule has 2 nitrogen and oxygen atoms in total. The van der Waals surface area contributed by atoms with Crippen molar-refractivity contribution in [2.24, 2.45) is 0 Å². The Bertz CT molecular complexity index is 519. The van der Waals surface area contributed by atoms with Crippen LogP contribution in [-0.4, -0.2) is 7.11 Å². The minimum atomic E-state index is 0.889. The molecule has 1 aromatic heterocycles. The Morgan fingerprint density at radius 3 is 2.56 bits per heavy atom. The van der Waals surface area contributed by atoms with Gasteiger partial charge in [-0.1, -0.05) is 12.1 Å². The summed E-state index contributed by atoms with van der Waals surface area (Å²) >= 11 is 1.76. The molecule has 2 aromatic rings. The zero-order valence-electron chi connectivity index (χ0n) is 11.1. The summed E-state index contributed by atoms with van der Waals surface area (Å²) in [6, 6.07) is 6.31. The third-order valence-electron chi connectivity index (χ3n) is 3.07. The molecular weight excluding hydrogens is 242 g/mol. The molecule has 18 heavy (non-hydrogen) atoms. The van der Waals surface area contributed by atoms with Gasteiger partial charge in [0.25, 0.3) is 0 Å². The number of hydrogen-bond acceptors (Lipinski definition) is 3. The number of aryl methyl sites for hydroxylation is 2. The average molecular weight is 261 g/mol. The molecule has 1 aromatic carbocycles. The molecular formula is C15H19NOS. The Morgan fingerprint density at radius 1 is 1.11 bits per heavy atom. The Morgan fingerprint density at radius 2 is 1.94 bits per heavy atom. The molecule has 0 spiro atoms. The second-order valence-electron chi connectivity index (χ2n) is 4.49. The second-order valence-corrected chi connectivity index (χ2v) is 5.23. The van der Waals surface area contributed by atoms with Crippen LogP contribution in [-0.2, 0) is 13.1 Å². The number of methoxy groups -OCH3 is 1. The van der Waals surface area contributed by atoms with Gasteiger partial charge in [0.2, 0.25) is 0 Å². The summed E-state index contributed by atoms with van der Waals surface area (Å²) in [4.78, 5) is 0. The fourth-order valence-corrected chi connectivity index (χ4v) is 2.82. The van der Waals surface area contributed by atoms with Gasteiger partial charge in [0.1, 0.15) is 5.75 Å². The van der Waals surface area contributed by atoms with Crippen molar-refractivity contribution in [1.82, 2.24) is 5.32 Å². The van der Waals surface area contributed by atoms with Gasteiger partial charge in [-0.05, 0) is 52.9 Å². The predicted octanol–water partition coefficient (Wildman–Crippen LogP) is 3.66. The lowest BCUT2D eigenvalue weighted by Crippen LogP contribution is -2.12. The van der Waals surface area contributed by atoms with E-state index in [9.17, 15) is 0 Å². The first-order chi connectivity index (χ1) is 8.70. The van der Waals surface area contributed by atoms with Crippen LogP contribution in [0.5, 0.6) is 5.75 Å². The van der Waals surface area contributed by atoms with Gasteiger partial charge >= 0.3 is 0 Å². The maximum Gasteiger partial charge on any atom is 0.121 e. The molecule has 0 unspecified atom stereocenters. The normalized spacial score (nSPS) is 10.6. The molecule has 96 valence electrons. The van der Waals surface area contributed by atoms with Gasteiger partial charge in [0.15, 0.2) is 0 Å². The number of thiophene rings is 1. The van der Waals surface area contributed by atoms with E-state index in [0.29, 0.717) is 0 Å². The monoisotopic (exact) mass is 261 g/mol. The molecule has 0 aliphatic rings. The van der Waals surface area contributed by atoms with E-state index < -0.39 is 0 Å². The van der Waals surface area contributed by atoms with Gasteiger partial charge in [-0.25, -0.2) is 0 Å². The largest absolute Gasteiger partial charge is 0.496 e. The molecule has 0 aliphatic heterocycles. The molecule has 0 radical (unpaired) electrons. The van der Waals surface area contributed by atoms with Crippen molar-refractivity contribution in [3.8, 4) is 5.75 Å². The molecule has 1 N–H and O–H groups in total. The third kappa shape index (κ3) is 3.12. The van der Waals surface area contributed by atoms with Crippen LogP contribution in [0.15, 0.2) is 29.0 Å². The molecule has 1 heterocycles. The number of benzene rings is 1. The Balaban J connectivity index is 1.91. The van der Waals surface area contributed by atoms with Crippen LogP contribution in [0.25, 0.3) is 0 Å². The number of hydrogen-bond donors (Lipinski definition) is 1. The zero-order chi connectivity index (χ0) is 13.0. The highest BCUT2D eigenvalue weighted by atomic mass is 32.1. The van der Waals surface area contributed by atoms with Gasteiger partial charge in [-0.3, -0.25) is 0 Å². The molecule has 0 amide bonds. The molecule has 0 saturated carbocycles. The van der Waals surface area contributed by atoms with E-state index in [-0.39, 0.29) is 0 Å². The fourth-order valence-electron chi connectivity index (χ4n) is 1.96. The standard InChI is InChI=1S/C15H19NOS/c1-11-6-13(4-5-15(11)17-3)7-16-8-14-10-18-9-12(14)2/h4-6,9-10,16H,7-8H2,1-3H3. The lowest BCUT2D eigenvalue weighted by molar-refractivity contribution is 0.411. The predicted molar refractivity (Wildman–Crippen MR) is 77.3 cm³/mol. The first kappa shape index (κ1) is 13.1. The third-order valence-corrected chi connectivity index (χ3v) is 3.98. The van der Waals surface area contributed by atoms with Crippen molar-refractivity contribution < 1.29 is 4.74 Å². The zero-order valence-corrected chi connectivity index (χ0v) is 11.9. The maximum absolute atomic E-state index is 5.26. The first-order valence-corrected chi connectivity index (χ1v) is 7.01. The smallest absolute Gasteiger partial charge is 0.121 e. The van der Waals surface area contributed by atoms with E-state index in [2.05, 4.69) is 42.1 Å². The van der Waals surface area contributed by atoms with Crippen LogP contribution >= 0.6 is 11.3 Å². The van der Waals surface area contributed by atoms with E-state index in [1.165, 1.54) is 22.3 Å². The maximum atomic E-state index is 5.26. The van der Waals surface area contributed by atoms with Crippen LogP contribution in [0, 0.1) is 13.8 Å². The summed E-state index contributed by atoms with van der Waals surface area (Å²) < 4.78 is 5.26. The van der Waals surface area contributed by atoms with Gasteiger partial charge in [-0.15, -0.1) is 0 Å². The van der Waals surface area contributed by atoms with Gasteiger partial charge < -0.3 is 10.1 Å². The number of rotatable bonds is 5. The quantitative estimate of drug-likeness (QED) is 0.887. The fraction of sp³-hybridized carbons (Fsp3) is 0.333. The van der Waals surface area contributed by atoms with Gasteiger partial charge in [0.05, 0.1) is 7.11 Å². The van der Waals surface area contributed by atoms with Crippen molar-refractivity contribution in [3.63, 3.8) is 0 Å². The molecule has 0 aliphatic carbocycles. The van der Waals surface area contributed by atoms with Crippen molar-refractivity contribution in [2.75, 3.05) is 7.11 Å². The number of ether oxygens (including phenoxy) is 1. The van der Waals surface area contributed by atoms with Gasteiger partial charge in [-0.2, -0.15) is 11.3 Å². The Hall–Kier alpha value is -1.32. The minimum absolute atomic E-state index is 0.889. The summed E-state index contributed by atoms with van der Waals surface area (Å²) in [6.45, 7) is 6.05. The van der Waals surface area contributed by atoms with Crippen molar-refractivity contribution in [3.05, 3.63) is 51.2 Å². The second kappa shape index (κ2) is 6.03. The molecule has 2 rings (SSSR count). The summed E-state index contributed by atoms with van der Waals surface area (Å²) in [5.74, 6) is 0.951. The Kier molecular flexibility index (Phi) is 4.39. The van der Waals surface area contributed by atoms with Crippen LogP contribution < -0.4 is 10.1 Å². The molecule has 0 fully saturated rings. The van der Waals surface area contributed by atoms with E-state index in [1.807, 2.05) is 6.07 Å². The van der Waals surface area contributed by atoms with Crippen LogP contribution in [0.1, 0.15) is 22.3 Å². The van der Waals surface area contributed by atoms with E-state index in [0.717, 1.165) is 18.8 Å². The van der Waals surface area contributed by atoms with Crippen molar-refractivity contribution >= 4 is 11.3 Å². The topological polar surface area (TPSA) is 21.3 Å². The minimum Gasteiger partial charge on any atom is -0.496 e. The molecule has 3 heteroatoms. The summed E-state index contributed by atoms with van der Waals surface area (Å²) in [6.07, 6.45) is 0. The number of nitrogens with one attached hydrogen (secondary N) is 1. The molecule has 0 saturated heterocycles. The van der Waals surface area contributed by atoms with Crippen molar-refractivity contribution in [1.29, 1.82) is 0 Å². The average Bonchev–Trinajstić information content (AvgIpc) is 2.75. The van der Waals surface area contributed by atoms with Gasteiger partial charge in [0, 0.05) is 13.1 Å². The van der Waals surface area contributed by atoms with Crippen LogP contribution in [0.2, 0.25) is 0 Å².